The van der Waals surface area contributed by atoms with Crippen molar-refractivity contribution in [1.29, 1.82) is 0 Å². The molecular formula is C15H14ClFN2O2. The zero-order valence-corrected chi connectivity index (χ0v) is 12.1. The third-order valence-electron chi connectivity index (χ3n) is 2.86. The second kappa shape index (κ2) is 7.15. The number of aromatic nitrogens is 1. The molecule has 2 rings (SSSR count). The number of nitrogens with one attached hydrogen (secondary N) is 1. The van der Waals surface area contributed by atoms with Gasteiger partial charge in [0.05, 0.1) is 23.9 Å². The summed E-state index contributed by atoms with van der Waals surface area (Å²) in [7, 11) is 1.52. The molecule has 0 bridgehead atoms. The van der Waals surface area contributed by atoms with E-state index in [0.717, 1.165) is 6.07 Å². The first-order valence-electron chi connectivity index (χ1n) is 6.27. The molecule has 110 valence electrons. The summed E-state index contributed by atoms with van der Waals surface area (Å²) >= 11 is 5.67. The first-order valence-corrected chi connectivity index (χ1v) is 6.65. The number of nitrogens with zero attached hydrogens (tertiary/aromatic N) is 1. The van der Waals surface area contributed by atoms with Crippen molar-refractivity contribution in [3.8, 4) is 0 Å². The summed E-state index contributed by atoms with van der Waals surface area (Å²) < 4.78 is 18.8. The van der Waals surface area contributed by atoms with Gasteiger partial charge >= 0.3 is 0 Å². The van der Waals surface area contributed by atoms with Crippen molar-refractivity contribution in [2.45, 2.75) is 6.04 Å². The lowest BCUT2D eigenvalue weighted by Gasteiger charge is -2.17. The molecule has 21 heavy (non-hydrogen) atoms. The summed E-state index contributed by atoms with van der Waals surface area (Å²) in [5, 5.41) is 2.94. The van der Waals surface area contributed by atoms with Crippen LogP contribution in [0.4, 0.5) is 4.39 Å². The maximum Gasteiger partial charge on any atom is 0.254 e. The Morgan fingerprint density at radius 1 is 1.43 bits per heavy atom. The van der Waals surface area contributed by atoms with Crippen LogP contribution in [0.3, 0.4) is 0 Å². The van der Waals surface area contributed by atoms with Crippen molar-refractivity contribution < 1.29 is 13.9 Å². The van der Waals surface area contributed by atoms with Crippen LogP contribution in [0.5, 0.6) is 0 Å². The fraction of sp³-hybridized carbons (Fsp3) is 0.200. The minimum atomic E-state index is -0.669. The van der Waals surface area contributed by atoms with Crippen molar-refractivity contribution in [2.24, 2.45) is 0 Å². The molecule has 0 aliphatic rings. The Balaban J connectivity index is 2.18. The third kappa shape index (κ3) is 4.00. The molecule has 1 heterocycles. The van der Waals surface area contributed by atoms with Crippen LogP contribution < -0.4 is 5.32 Å². The highest BCUT2D eigenvalue weighted by atomic mass is 35.5. The zero-order chi connectivity index (χ0) is 15.2. The van der Waals surface area contributed by atoms with Crippen LogP contribution in [0, 0.1) is 5.82 Å². The van der Waals surface area contributed by atoms with E-state index in [2.05, 4.69) is 10.3 Å². The van der Waals surface area contributed by atoms with Gasteiger partial charge in [-0.25, -0.2) is 4.39 Å². The fourth-order valence-corrected chi connectivity index (χ4v) is 2.02. The van der Waals surface area contributed by atoms with Crippen LogP contribution in [0.1, 0.15) is 22.1 Å². The number of ether oxygens (including phenoxy) is 1. The highest BCUT2D eigenvalue weighted by Crippen LogP contribution is 2.16. The van der Waals surface area contributed by atoms with Crippen LogP contribution in [0.15, 0.2) is 42.6 Å². The topological polar surface area (TPSA) is 51.2 Å². The van der Waals surface area contributed by atoms with Gasteiger partial charge in [-0.3, -0.25) is 9.78 Å². The van der Waals surface area contributed by atoms with E-state index in [1.165, 1.54) is 19.2 Å². The van der Waals surface area contributed by atoms with Gasteiger partial charge in [0.1, 0.15) is 5.82 Å². The minimum Gasteiger partial charge on any atom is -0.382 e. The van der Waals surface area contributed by atoms with Crippen LogP contribution in [-0.2, 0) is 4.74 Å². The normalized spacial score (nSPS) is 12.0. The highest BCUT2D eigenvalue weighted by Gasteiger charge is 2.19. The Morgan fingerprint density at radius 3 is 2.86 bits per heavy atom. The first kappa shape index (κ1) is 15.4. The van der Waals surface area contributed by atoms with Crippen LogP contribution >= 0.6 is 11.6 Å². The second-order valence-corrected chi connectivity index (χ2v) is 4.80. The number of rotatable bonds is 5. The molecule has 0 aliphatic carbocycles. The number of carbonyl (C=O) groups excluding carboxylic acids is 1. The van der Waals surface area contributed by atoms with E-state index < -0.39 is 17.8 Å². The fourth-order valence-electron chi connectivity index (χ4n) is 1.86. The number of halogens is 2. The van der Waals surface area contributed by atoms with Gasteiger partial charge in [0.2, 0.25) is 0 Å². The van der Waals surface area contributed by atoms with Crippen molar-refractivity contribution in [3.63, 3.8) is 0 Å². The van der Waals surface area contributed by atoms with Gasteiger partial charge in [0.15, 0.2) is 0 Å². The van der Waals surface area contributed by atoms with Gasteiger partial charge in [-0.05, 0) is 30.3 Å². The smallest absolute Gasteiger partial charge is 0.254 e. The zero-order valence-electron chi connectivity index (χ0n) is 11.3. The van der Waals surface area contributed by atoms with E-state index in [-0.39, 0.29) is 17.2 Å². The van der Waals surface area contributed by atoms with E-state index in [1.54, 1.807) is 24.4 Å². The second-order valence-electron chi connectivity index (χ2n) is 4.36. The molecule has 0 spiro atoms. The Labute approximate surface area is 126 Å². The average molecular weight is 309 g/mol. The monoisotopic (exact) mass is 308 g/mol. The summed E-state index contributed by atoms with van der Waals surface area (Å²) in [4.78, 5) is 16.3. The largest absolute Gasteiger partial charge is 0.382 e. The molecule has 0 unspecified atom stereocenters. The average Bonchev–Trinajstić information content (AvgIpc) is 2.47. The van der Waals surface area contributed by atoms with Crippen LogP contribution in [0.2, 0.25) is 5.02 Å². The summed E-state index contributed by atoms with van der Waals surface area (Å²) in [6.07, 6.45) is 1.62. The molecule has 1 N–H and O–H groups in total. The Bertz CT molecular complexity index is 622. The van der Waals surface area contributed by atoms with Crippen molar-refractivity contribution in [2.75, 3.05) is 13.7 Å². The van der Waals surface area contributed by atoms with E-state index in [9.17, 15) is 9.18 Å². The van der Waals surface area contributed by atoms with E-state index in [4.69, 9.17) is 16.3 Å². The molecule has 0 fully saturated rings. The summed E-state index contributed by atoms with van der Waals surface area (Å²) in [6.45, 7) is 0.234. The number of methoxy groups -OCH3 is 1. The molecular weight excluding hydrogens is 295 g/mol. The third-order valence-corrected chi connectivity index (χ3v) is 3.09. The summed E-state index contributed by atoms with van der Waals surface area (Å²) in [5.74, 6) is -1.21. The first-order chi connectivity index (χ1) is 10.1. The molecule has 6 heteroatoms. The molecule has 0 radical (unpaired) electrons. The van der Waals surface area contributed by atoms with E-state index in [0.29, 0.717) is 5.69 Å². The molecule has 2 aromatic rings. The van der Waals surface area contributed by atoms with Crippen molar-refractivity contribution >= 4 is 17.5 Å². The summed E-state index contributed by atoms with van der Waals surface area (Å²) in [6, 6.07) is 8.79. The minimum absolute atomic E-state index is 0.0727. The predicted molar refractivity (Wildman–Crippen MR) is 77.7 cm³/mol. The van der Waals surface area contributed by atoms with Crippen LogP contribution in [0.25, 0.3) is 0 Å². The number of amides is 1. The summed E-state index contributed by atoms with van der Waals surface area (Å²) in [5.41, 5.74) is 0.568. The molecule has 0 saturated heterocycles. The quantitative estimate of drug-likeness (QED) is 0.924. The lowest BCUT2D eigenvalue weighted by Crippen LogP contribution is -2.32. The van der Waals surface area contributed by atoms with Gasteiger partial charge in [-0.1, -0.05) is 17.7 Å². The molecule has 0 saturated carbocycles. The van der Waals surface area contributed by atoms with Crippen molar-refractivity contribution in [1.82, 2.24) is 10.3 Å². The SMILES string of the molecule is COC[C@@H](NC(=O)c1ccc(Cl)cc1F)c1ccccn1. The predicted octanol–water partition coefficient (Wildman–Crippen LogP) is 2.99. The molecule has 1 amide bonds. The maximum atomic E-state index is 13.7. The van der Waals surface area contributed by atoms with E-state index >= 15 is 0 Å². The van der Waals surface area contributed by atoms with Gasteiger partial charge < -0.3 is 10.1 Å². The number of hydrogen-bond donors (Lipinski definition) is 1. The van der Waals surface area contributed by atoms with Gasteiger partial charge in [0.25, 0.3) is 5.91 Å². The van der Waals surface area contributed by atoms with Gasteiger partial charge in [0, 0.05) is 18.3 Å². The Hall–Kier alpha value is -1.98. The lowest BCUT2D eigenvalue weighted by molar-refractivity contribution is 0.0890. The van der Waals surface area contributed by atoms with Crippen LogP contribution in [-0.4, -0.2) is 24.6 Å². The van der Waals surface area contributed by atoms with E-state index in [1.807, 2.05) is 0 Å². The number of benzene rings is 1. The maximum absolute atomic E-state index is 13.7. The van der Waals surface area contributed by atoms with Crippen molar-refractivity contribution in [3.05, 3.63) is 64.7 Å². The lowest BCUT2D eigenvalue weighted by atomic mass is 10.1. The molecule has 0 aliphatic heterocycles. The molecule has 1 aromatic heterocycles. The van der Waals surface area contributed by atoms with Gasteiger partial charge in [-0.15, -0.1) is 0 Å². The molecule has 1 atom stereocenters. The number of pyridine rings is 1. The highest BCUT2D eigenvalue weighted by molar-refractivity contribution is 6.30. The Morgan fingerprint density at radius 2 is 2.24 bits per heavy atom. The van der Waals surface area contributed by atoms with Gasteiger partial charge in [-0.2, -0.15) is 0 Å². The molecule has 1 aromatic carbocycles. The number of hydrogen-bond acceptors (Lipinski definition) is 3. The Kier molecular flexibility index (Phi) is 5.25. The molecule has 4 nitrogen and oxygen atoms in total. The number of carbonyl (C=O) groups is 1. The standard InChI is InChI=1S/C15H14ClFN2O2/c1-21-9-14(13-4-2-3-7-18-13)19-15(20)11-6-5-10(16)8-12(11)17/h2-8,14H,9H2,1H3,(H,19,20)/t14-/m1/s1.